The lowest BCUT2D eigenvalue weighted by atomic mass is 10.0. The minimum Gasteiger partial charge on any atom is -0.508 e. The molecule has 2 N–H and O–H groups in total. The number of hydrogen-bond acceptors (Lipinski definition) is 2. The molecule has 0 aromatic heterocycles. The fourth-order valence-corrected chi connectivity index (χ4v) is 3.21. The molecule has 0 bridgehead atoms. The van der Waals surface area contributed by atoms with Crippen molar-refractivity contribution in [1.82, 2.24) is 0 Å². The van der Waals surface area contributed by atoms with Crippen LogP contribution in [0.15, 0.2) is 24.3 Å². The molecule has 0 atom stereocenters. The third-order valence-electron chi connectivity index (χ3n) is 4.71. The molecule has 0 saturated heterocycles. The van der Waals surface area contributed by atoms with Gasteiger partial charge in [-0.2, -0.15) is 0 Å². The first-order chi connectivity index (χ1) is 12.2. The van der Waals surface area contributed by atoms with Crippen molar-refractivity contribution >= 4 is 6.08 Å². The number of rotatable bonds is 15. The van der Waals surface area contributed by atoms with E-state index in [1.54, 1.807) is 12.1 Å². The molecule has 0 heterocycles. The summed E-state index contributed by atoms with van der Waals surface area (Å²) >= 11 is 0. The van der Waals surface area contributed by atoms with Gasteiger partial charge in [0.15, 0.2) is 0 Å². The lowest BCUT2D eigenvalue weighted by molar-refractivity contribution is 0.450. The quantitative estimate of drug-likeness (QED) is 0.321. The van der Waals surface area contributed by atoms with Crippen molar-refractivity contribution in [3.63, 3.8) is 0 Å². The van der Waals surface area contributed by atoms with Crippen LogP contribution in [0, 0.1) is 0 Å². The molecule has 142 valence electrons. The van der Waals surface area contributed by atoms with Crippen LogP contribution in [0.1, 0.15) is 102 Å². The van der Waals surface area contributed by atoms with Crippen LogP contribution in [0.4, 0.5) is 0 Å². The van der Waals surface area contributed by atoms with Crippen LogP contribution in [0.5, 0.6) is 11.5 Å². The van der Waals surface area contributed by atoms with Crippen LogP contribution in [0.25, 0.3) is 6.08 Å². The molecule has 0 radical (unpaired) electrons. The molecule has 0 saturated carbocycles. The van der Waals surface area contributed by atoms with E-state index >= 15 is 0 Å². The standard InChI is InChI=1S/C23H38O2/c1-2-3-4-5-6-7-8-9-10-11-12-13-14-15-16-17-21-18-22(24)20-23(25)19-21/h16-20,24-25H,2-15H2,1H3/b17-16+. The van der Waals surface area contributed by atoms with Gasteiger partial charge in [-0.15, -0.1) is 0 Å². The van der Waals surface area contributed by atoms with E-state index in [2.05, 4.69) is 13.0 Å². The van der Waals surface area contributed by atoms with Gasteiger partial charge in [0.1, 0.15) is 11.5 Å². The summed E-state index contributed by atoms with van der Waals surface area (Å²) in [7, 11) is 0. The van der Waals surface area contributed by atoms with Crippen LogP contribution in [0.3, 0.4) is 0 Å². The Balaban J connectivity index is 1.88. The number of aromatic hydroxyl groups is 2. The van der Waals surface area contributed by atoms with Crippen molar-refractivity contribution in [2.45, 2.75) is 96.8 Å². The van der Waals surface area contributed by atoms with E-state index in [1.165, 1.54) is 89.5 Å². The zero-order valence-electron chi connectivity index (χ0n) is 16.2. The smallest absolute Gasteiger partial charge is 0.119 e. The highest BCUT2D eigenvalue weighted by molar-refractivity contribution is 5.54. The van der Waals surface area contributed by atoms with E-state index in [1.807, 2.05) is 6.08 Å². The van der Waals surface area contributed by atoms with E-state index in [0.29, 0.717) is 0 Å². The maximum absolute atomic E-state index is 9.43. The van der Waals surface area contributed by atoms with E-state index in [-0.39, 0.29) is 11.5 Å². The molecule has 1 rings (SSSR count). The first-order valence-corrected chi connectivity index (χ1v) is 10.4. The van der Waals surface area contributed by atoms with Gasteiger partial charge in [-0.25, -0.2) is 0 Å². The summed E-state index contributed by atoms with van der Waals surface area (Å²) in [6, 6.07) is 4.68. The number of phenols is 2. The molecule has 2 heteroatoms. The molecule has 0 aliphatic rings. The second-order valence-corrected chi connectivity index (χ2v) is 7.22. The number of unbranched alkanes of at least 4 members (excludes halogenated alkanes) is 13. The predicted molar refractivity (Wildman–Crippen MR) is 109 cm³/mol. The van der Waals surface area contributed by atoms with Crippen LogP contribution in [-0.4, -0.2) is 10.2 Å². The lowest BCUT2D eigenvalue weighted by Crippen LogP contribution is -1.82. The SMILES string of the molecule is CCCCCCCCCCCCCCC/C=C/c1cc(O)cc(O)c1. The van der Waals surface area contributed by atoms with Gasteiger partial charge in [-0.05, 0) is 30.5 Å². The molecule has 0 fully saturated rings. The maximum Gasteiger partial charge on any atom is 0.119 e. The van der Waals surface area contributed by atoms with Crippen LogP contribution < -0.4 is 0 Å². The van der Waals surface area contributed by atoms with E-state index in [4.69, 9.17) is 0 Å². The fourth-order valence-electron chi connectivity index (χ4n) is 3.21. The predicted octanol–water partition coefficient (Wildman–Crippen LogP) is 7.59. The van der Waals surface area contributed by atoms with Crippen molar-refractivity contribution in [1.29, 1.82) is 0 Å². The van der Waals surface area contributed by atoms with Gasteiger partial charge in [0, 0.05) is 6.07 Å². The van der Waals surface area contributed by atoms with E-state index in [0.717, 1.165) is 12.0 Å². The van der Waals surface area contributed by atoms with Crippen LogP contribution in [0.2, 0.25) is 0 Å². The zero-order valence-corrected chi connectivity index (χ0v) is 16.2. The Morgan fingerprint density at radius 1 is 0.640 bits per heavy atom. The molecule has 1 aromatic carbocycles. The Morgan fingerprint density at radius 2 is 1.08 bits per heavy atom. The minimum atomic E-state index is 0.112. The first-order valence-electron chi connectivity index (χ1n) is 10.4. The average Bonchev–Trinajstić information content (AvgIpc) is 2.57. The highest BCUT2D eigenvalue weighted by Crippen LogP contribution is 2.21. The van der Waals surface area contributed by atoms with Gasteiger partial charge in [0.05, 0.1) is 0 Å². The van der Waals surface area contributed by atoms with Gasteiger partial charge in [-0.3, -0.25) is 0 Å². The van der Waals surface area contributed by atoms with Crippen LogP contribution >= 0.6 is 0 Å². The summed E-state index contributed by atoms with van der Waals surface area (Å²) in [5, 5.41) is 18.9. The van der Waals surface area contributed by atoms with Crippen LogP contribution in [-0.2, 0) is 0 Å². The molecule has 2 nitrogen and oxygen atoms in total. The second kappa shape index (κ2) is 14.9. The van der Waals surface area contributed by atoms with Gasteiger partial charge in [-0.1, -0.05) is 96.1 Å². The minimum absolute atomic E-state index is 0.112. The van der Waals surface area contributed by atoms with Crippen molar-refractivity contribution in [2.24, 2.45) is 0 Å². The number of benzene rings is 1. The largest absolute Gasteiger partial charge is 0.508 e. The Morgan fingerprint density at radius 3 is 1.56 bits per heavy atom. The number of phenolic OH excluding ortho intramolecular Hbond substituents is 2. The number of hydrogen-bond donors (Lipinski definition) is 2. The van der Waals surface area contributed by atoms with E-state index < -0.39 is 0 Å². The van der Waals surface area contributed by atoms with Crippen molar-refractivity contribution < 1.29 is 10.2 Å². The topological polar surface area (TPSA) is 40.5 Å². The Hall–Kier alpha value is -1.44. The highest BCUT2D eigenvalue weighted by atomic mass is 16.3. The van der Waals surface area contributed by atoms with Crippen molar-refractivity contribution in [3.05, 3.63) is 29.8 Å². The zero-order chi connectivity index (χ0) is 18.2. The summed E-state index contributed by atoms with van der Waals surface area (Å²) < 4.78 is 0. The Kier molecular flexibility index (Phi) is 12.8. The third-order valence-corrected chi connectivity index (χ3v) is 4.71. The first kappa shape index (κ1) is 21.6. The van der Waals surface area contributed by atoms with Crippen molar-refractivity contribution in [3.8, 4) is 11.5 Å². The summed E-state index contributed by atoms with van der Waals surface area (Å²) in [6.07, 6.45) is 23.1. The van der Waals surface area contributed by atoms with Gasteiger partial charge in [0.25, 0.3) is 0 Å². The summed E-state index contributed by atoms with van der Waals surface area (Å²) in [5.41, 5.74) is 0.854. The summed E-state index contributed by atoms with van der Waals surface area (Å²) in [6.45, 7) is 2.27. The number of allylic oxidation sites excluding steroid dienone is 1. The normalized spacial score (nSPS) is 11.4. The highest BCUT2D eigenvalue weighted by Gasteiger charge is 1.96. The third kappa shape index (κ3) is 12.6. The lowest BCUT2D eigenvalue weighted by Gasteiger charge is -2.02. The molecule has 1 aromatic rings. The summed E-state index contributed by atoms with van der Waals surface area (Å²) in [4.78, 5) is 0. The molecule has 0 amide bonds. The second-order valence-electron chi connectivity index (χ2n) is 7.22. The Labute approximate surface area is 155 Å². The molecule has 0 aliphatic heterocycles. The maximum atomic E-state index is 9.43. The summed E-state index contributed by atoms with van der Waals surface area (Å²) in [5.74, 6) is 0.223. The monoisotopic (exact) mass is 346 g/mol. The van der Waals surface area contributed by atoms with Crippen molar-refractivity contribution in [2.75, 3.05) is 0 Å². The molecule has 0 spiro atoms. The van der Waals surface area contributed by atoms with Gasteiger partial charge >= 0.3 is 0 Å². The van der Waals surface area contributed by atoms with Gasteiger partial charge in [0.2, 0.25) is 0 Å². The average molecular weight is 347 g/mol. The molecule has 0 aliphatic carbocycles. The van der Waals surface area contributed by atoms with E-state index in [9.17, 15) is 10.2 Å². The molecular weight excluding hydrogens is 308 g/mol. The van der Waals surface area contributed by atoms with Gasteiger partial charge < -0.3 is 10.2 Å². The molecule has 25 heavy (non-hydrogen) atoms. The fraction of sp³-hybridized carbons (Fsp3) is 0.652. The molecular formula is C23H38O2. The Bertz CT molecular complexity index is 445. The molecule has 0 unspecified atom stereocenters.